The molecule has 1 N–H and O–H groups in total. The molecule has 2 aromatic rings. The first-order valence-electron chi connectivity index (χ1n) is 10.3. The molecule has 1 saturated heterocycles. The molecule has 0 bridgehead atoms. The van der Waals surface area contributed by atoms with Crippen LogP contribution in [0.4, 0.5) is 0 Å². The average Bonchev–Trinajstić information content (AvgIpc) is 3.25. The van der Waals surface area contributed by atoms with Crippen molar-refractivity contribution < 1.29 is 4.74 Å². The van der Waals surface area contributed by atoms with Gasteiger partial charge in [0.05, 0.1) is 25.5 Å². The number of guanidine groups is 1. The van der Waals surface area contributed by atoms with Gasteiger partial charge in [-0.1, -0.05) is 19.9 Å². The zero-order valence-electron chi connectivity index (χ0n) is 17.6. The topological polar surface area (TPSA) is 67.6 Å². The fourth-order valence-corrected chi connectivity index (χ4v) is 3.55. The van der Waals surface area contributed by atoms with E-state index in [0.717, 1.165) is 44.0 Å². The minimum Gasteiger partial charge on any atom is -0.477 e. The number of piperidine rings is 1. The Morgan fingerprint density at radius 2 is 2.21 bits per heavy atom. The Hall–Kier alpha value is -1.84. The van der Waals surface area contributed by atoms with Gasteiger partial charge >= 0.3 is 0 Å². The van der Waals surface area contributed by atoms with Gasteiger partial charge in [0.2, 0.25) is 5.88 Å². The van der Waals surface area contributed by atoms with Crippen molar-refractivity contribution in [3.05, 3.63) is 42.6 Å². The maximum absolute atomic E-state index is 5.78. The van der Waals surface area contributed by atoms with Gasteiger partial charge in [-0.05, 0) is 31.7 Å². The molecule has 2 aromatic heterocycles. The molecule has 3 rings (SSSR count). The molecule has 0 spiro atoms. The third-order valence-electron chi connectivity index (χ3n) is 5.15. The lowest BCUT2D eigenvalue weighted by molar-refractivity contribution is 0.189. The molecule has 3 heterocycles. The van der Waals surface area contributed by atoms with Crippen molar-refractivity contribution in [3.63, 3.8) is 0 Å². The molecule has 1 fully saturated rings. The SMILES string of the molecule is CCCOc1ncccc1CN=C(NCC)N1CCC(C)C(n2ccnc2)C1.I. The van der Waals surface area contributed by atoms with Gasteiger partial charge < -0.3 is 19.5 Å². The molecule has 0 amide bonds. The summed E-state index contributed by atoms with van der Waals surface area (Å²) in [6.07, 6.45) is 9.69. The highest BCUT2D eigenvalue weighted by atomic mass is 127. The second-order valence-electron chi connectivity index (χ2n) is 7.28. The molecular weight excluding hydrogens is 479 g/mol. The van der Waals surface area contributed by atoms with Gasteiger partial charge in [0, 0.05) is 43.8 Å². The summed E-state index contributed by atoms with van der Waals surface area (Å²) in [4.78, 5) is 15.9. The number of halogens is 1. The van der Waals surface area contributed by atoms with Crippen LogP contribution < -0.4 is 10.1 Å². The van der Waals surface area contributed by atoms with Crippen LogP contribution in [0.1, 0.15) is 45.2 Å². The van der Waals surface area contributed by atoms with E-state index in [4.69, 9.17) is 9.73 Å². The standard InChI is InChI=1S/C21H32N6O.HI/c1-4-13-28-20-18(7-6-9-24-20)14-25-21(23-5-2)26-11-8-17(3)19(15-26)27-12-10-22-16-27;/h6-7,9-10,12,16-17,19H,4-5,8,11,13-15H2,1-3H3,(H,23,25);1H. The van der Waals surface area contributed by atoms with Gasteiger partial charge in [0.15, 0.2) is 5.96 Å². The molecule has 1 aliphatic heterocycles. The van der Waals surface area contributed by atoms with Crippen molar-refractivity contribution in [1.29, 1.82) is 0 Å². The van der Waals surface area contributed by atoms with Crippen LogP contribution >= 0.6 is 24.0 Å². The molecule has 0 aromatic carbocycles. The Labute approximate surface area is 191 Å². The van der Waals surface area contributed by atoms with E-state index < -0.39 is 0 Å². The number of likely N-dealkylation sites (tertiary alicyclic amines) is 1. The van der Waals surface area contributed by atoms with Crippen molar-refractivity contribution in [3.8, 4) is 5.88 Å². The number of imidazole rings is 1. The van der Waals surface area contributed by atoms with E-state index in [1.807, 2.05) is 24.7 Å². The van der Waals surface area contributed by atoms with Crippen LogP contribution in [0.3, 0.4) is 0 Å². The van der Waals surface area contributed by atoms with Crippen molar-refractivity contribution in [2.45, 2.75) is 46.2 Å². The highest BCUT2D eigenvalue weighted by Crippen LogP contribution is 2.27. The quantitative estimate of drug-likeness (QED) is 0.348. The molecule has 8 heteroatoms. The summed E-state index contributed by atoms with van der Waals surface area (Å²) in [6.45, 7) is 10.5. The Bertz CT molecular complexity index is 751. The summed E-state index contributed by atoms with van der Waals surface area (Å²) in [5.41, 5.74) is 1.02. The maximum Gasteiger partial charge on any atom is 0.218 e. The first kappa shape index (κ1) is 23.4. The first-order valence-corrected chi connectivity index (χ1v) is 10.3. The Kier molecular flexibility index (Phi) is 9.69. The van der Waals surface area contributed by atoms with Gasteiger partial charge in [0.1, 0.15) is 0 Å². The number of aromatic nitrogens is 3. The van der Waals surface area contributed by atoms with Crippen molar-refractivity contribution in [2.24, 2.45) is 10.9 Å². The monoisotopic (exact) mass is 512 g/mol. The van der Waals surface area contributed by atoms with Gasteiger partial charge in [-0.15, -0.1) is 24.0 Å². The Morgan fingerprint density at radius 1 is 1.34 bits per heavy atom. The van der Waals surface area contributed by atoms with E-state index in [0.29, 0.717) is 31.0 Å². The summed E-state index contributed by atoms with van der Waals surface area (Å²) in [5.74, 6) is 2.25. The normalized spacial score (nSPS) is 19.6. The zero-order valence-corrected chi connectivity index (χ0v) is 20.0. The first-order chi connectivity index (χ1) is 13.7. The number of hydrogen-bond acceptors (Lipinski definition) is 4. The summed E-state index contributed by atoms with van der Waals surface area (Å²) >= 11 is 0. The van der Waals surface area contributed by atoms with Crippen molar-refractivity contribution in [2.75, 3.05) is 26.2 Å². The summed E-state index contributed by atoms with van der Waals surface area (Å²) in [7, 11) is 0. The fraction of sp³-hybridized carbons (Fsp3) is 0.571. The highest BCUT2D eigenvalue weighted by Gasteiger charge is 2.28. The lowest BCUT2D eigenvalue weighted by Crippen LogP contribution is -2.49. The molecule has 160 valence electrons. The highest BCUT2D eigenvalue weighted by molar-refractivity contribution is 14.0. The van der Waals surface area contributed by atoms with E-state index in [9.17, 15) is 0 Å². The molecule has 29 heavy (non-hydrogen) atoms. The second-order valence-corrected chi connectivity index (χ2v) is 7.28. The molecule has 0 radical (unpaired) electrons. The Morgan fingerprint density at radius 3 is 2.93 bits per heavy atom. The number of rotatable bonds is 7. The zero-order chi connectivity index (χ0) is 19.8. The van der Waals surface area contributed by atoms with E-state index >= 15 is 0 Å². The van der Waals surface area contributed by atoms with Gasteiger partial charge in [-0.3, -0.25) is 0 Å². The Balaban J connectivity index is 0.00000300. The maximum atomic E-state index is 5.78. The van der Waals surface area contributed by atoms with E-state index in [1.54, 1.807) is 6.20 Å². The minimum atomic E-state index is 0. The molecule has 2 atom stereocenters. The largest absolute Gasteiger partial charge is 0.477 e. The lowest BCUT2D eigenvalue weighted by Gasteiger charge is -2.39. The van der Waals surface area contributed by atoms with Gasteiger partial charge in [-0.25, -0.2) is 15.0 Å². The lowest BCUT2D eigenvalue weighted by atomic mass is 9.93. The fourth-order valence-electron chi connectivity index (χ4n) is 3.55. The van der Waals surface area contributed by atoms with Crippen LogP contribution in [0.5, 0.6) is 5.88 Å². The molecule has 0 saturated carbocycles. The minimum absolute atomic E-state index is 0. The van der Waals surface area contributed by atoms with E-state index in [1.165, 1.54) is 0 Å². The van der Waals surface area contributed by atoms with Gasteiger partial charge in [0.25, 0.3) is 0 Å². The van der Waals surface area contributed by atoms with Crippen molar-refractivity contribution in [1.82, 2.24) is 24.8 Å². The smallest absolute Gasteiger partial charge is 0.218 e. The second kappa shape index (κ2) is 12.0. The van der Waals surface area contributed by atoms with Crippen LogP contribution in [0.2, 0.25) is 0 Å². The van der Waals surface area contributed by atoms with Crippen LogP contribution in [-0.4, -0.2) is 51.6 Å². The summed E-state index contributed by atoms with van der Waals surface area (Å²) in [5, 5.41) is 3.46. The predicted molar refractivity (Wildman–Crippen MR) is 127 cm³/mol. The molecule has 0 aliphatic carbocycles. The molecular formula is C21H33IN6O. The number of pyridine rings is 1. The van der Waals surface area contributed by atoms with Crippen LogP contribution in [0.15, 0.2) is 42.0 Å². The van der Waals surface area contributed by atoms with E-state index in [-0.39, 0.29) is 24.0 Å². The molecule has 2 unspecified atom stereocenters. The van der Waals surface area contributed by atoms with E-state index in [2.05, 4.69) is 51.7 Å². The predicted octanol–water partition coefficient (Wildman–Crippen LogP) is 3.73. The number of ether oxygens (including phenoxy) is 1. The van der Waals surface area contributed by atoms with Crippen LogP contribution in [0, 0.1) is 5.92 Å². The number of aliphatic imine (C=N–C) groups is 1. The van der Waals surface area contributed by atoms with Crippen LogP contribution in [-0.2, 0) is 6.54 Å². The van der Waals surface area contributed by atoms with Gasteiger partial charge in [-0.2, -0.15) is 0 Å². The molecule has 1 aliphatic rings. The third-order valence-corrected chi connectivity index (χ3v) is 5.15. The van der Waals surface area contributed by atoms with Crippen LogP contribution in [0.25, 0.3) is 0 Å². The number of nitrogens with zero attached hydrogens (tertiary/aromatic N) is 5. The van der Waals surface area contributed by atoms with Crippen molar-refractivity contribution >= 4 is 29.9 Å². The third kappa shape index (κ3) is 6.32. The summed E-state index contributed by atoms with van der Waals surface area (Å²) < 4.78 is 8.00. The number of hydrogen-bond donors (Lipinski definition) is 1. The molecule has 7 nitrogen and oxygen atoms in total. The number of nitrogens with one attached hydrogen (secondary N) is 1. The summed E-state index contributed by atoms with van der Waals surface area (Å²) in [6, 6.07) is 4.38. The average molecular weight is 512 g/mol.